The topological polar surface area (TPSA) is 49.6 Å². The normalized spacial score (nSPS) is 15.4. The zero-order chi connectivity index (χ0) is 17.8. The molecule has 0 saturated carbocycles. The van der Waals surface area contributed by atoms with Crippen LogP contribution in [0.2, 0.25) is 0 Å². The van der Waals surface area contributed by atoms with Crippen LogP contribution in [0.15, 0.2) is 46.9 Å². The van der Waals surface area contributed by atoms with Gasteiger partial charge in [-0.05, 0) is 24.1 Å². The summed E-state index contributed by atoms with van der Waals surface area (Å²) in [6.45, 7) is 4.22. The molecule has 2 N–H and O–H groups in total. The highest BCUT2D eigenvalue weighted by Crippen LogP contribution is 2.28. The second-order valence-corrected chi connectivity index (χ2v) is 7.13. The lowest BCUT2D eigenvalue weighted by molar-refractivity contribution is 0.0996. The third kappa shape index (κ3) is 4.38. The van der Waals surface area contributed by atoms with Crippen LogP contribution in [-0.2, 0) is 6.42 Å². The first-order valence-electron chi connectivity index (χ1n) is 8.34. The Morgan fingerprint density at radius 1 is 1.12 bits per heavy atom. The van der Waals surface area contributed by atoms with Gasteiger partial charge in [0.1, 0.15) is 5.82 Å². The number of carbonyl (C=O) groups excluding carboxylic acids is 1. The van der Waals surface area contributed by atoms with Crippen molar-refractivity contribution >= 4 is 27.5 Å². The maximum absolute atomic E-state index is 14.1. The van der Waals surface area contributed by atoms with E-state index in [-0.39, 0.29) is 5.56 Å². The summed E-state index contributed by atoms with van der Waals surface area (Å²) >= 11 is 3.30. The van der Waals surface area contributed by atoms with Crippen molar-refractivity contribution in [2.24, 2.45) is 5.73 Å². The van der Waals surface area contributed by atoms with Crippen LogP contribution >= 0.6 is 15.9 Å². The van der Waals surface area contributed by atoms with Crippen LogP contribution in [-0.4, -0.2) is 43.5 Å². The molecule has 0 aliphatic carbocycles. The van der Waals surface area contributed by atoms with Crippen molar-refractivity contribution in [3.8, 4) is 0 Å². The van der Waals surface area contributed by atoms with E-state index in [1.807, 2.05) is 11.0 Å². The molecule has 25 heavy (non-hydrogen) atoms. The van der Waals surface area contributed by atoms with Crippen LogP contribution in [0.5, 0.6) is 0 Å². The Hall–Kier alpha value is -1.92. The van der Waals surface area contributed by atoms with Crippen molar-refractivity contribution in [2.75, 3.05) is 37.6 Å². The fourth-order valence-electron chi connectivity index (χ4n) is 3.20. The first-order valence-corrected chi connectivity index (χ1v) is 9.14. The molecule has 1 heterocycles. The molecule has 0 atom stereocenters. The summed E-state index contributed by atoms with van der Waals surface area (Å²) in [6.07, 6.45) is 1.01. The lowest BCUT2D eigenvalue weighted by atomic mass is 10.1. The number of halogens is 2. The molecule has 0 aromatic heterocycles. The molecule has 2 aromatic carbocycles. The molecule has 0 spiro atoms. The summed E-state index contributed by atoms with van der Waals surface area (Å²) in [5.74, 6) is -1.31. The van der Waals surface area contributed by atoms with Crippen molar-refractivity contribution in [2.45, 2.75) is 6.42 Å². The molecule has 1 fully saturated rings. The highest BCUT2D eigenvalue weighted by atomic mass is 79.9. The molecular weight excluding hydrogens is 385 g/mol. The van der Waals surface area contributed by atoms with E-state index < -0.39 is 11.7 Å². The van der Waals surface area contributed by atoms with E-state index in [9.17, 15) is 9.18 Å². The van der Waals surface area contributed by atoms with Gasteiger partial charge in [-0.25, -0.2) is 4.39 Å². The van der Waals surface area contributed by atoms with Gasteiger partial charge in [0.05, 0.1) is 11.3 Å². The second kappa shape index (κ2) is 7.97. The number of piperazine rings is 1. The van der Waals surface area contributed by atoms with Crippen molar-refractivity contribution < 1.29 is 9.18 Å². The fraction of sp³-hybridized carbons (Fsp3) is 0.316. The summed E-state index contributed by atoms with van der Waals surface area (Å²) < 4.78 is 14.7. The van der Waals surface area contributed by atoms with Gasteiger partial charge >= 0.3 is 0 Å². The van der Waals surface area contributed by atoms with Gasteiger partial charge < -0.3 is 10.6 Å². The van der Waals surface area contributed by atoms with E-state index in [2.05, 4.69) is 45.1 Å². The number of rotatable bonds is 5. The third-order valence-corrected chi connectivity index (χ3v) is 5.01. The number of nitrogens with zero attached hydrogens (tertiary/aromatic N) is 2. The van der Waals surface area contributed by atoms with E-state index in [0.717, 1.165) is 39.1 Å². The van der Waals surface area contributed by atoms with Gasteiger partial charge in [0, 0.05) is 37.2 Å². The summed E-state index contributed by atoms with van der Waals surface area (Å²) in [5, 5.41) is 0. The largest absolute Gasteiger partial charge is 0.368 e. The van der Waals surface area contributed by atoms with Gasteiger partial charge in [-0.2, -0.15) is 0 Å². The van der Waals surface area contributed by atoms with E-state index >= 15 is 0 Å². The number of benzene rings is 2. The zero-order valence-corrected chi connectivity index (χ0v) is 15.5. The SMILES string of the molecule is NC(=O)c1c(F)cc(Br)cc1N1CCN(CCc2ccccc2)CC1. The Kier molecular flexibility index (Phi) is 5.71. The van der Waals surface area contributed by atoms with Crippen LogP contribution in [0.3, 0.4) is 0 Å². The van der Waals surface area contributed by atoms with Crippen molar-refractivity contribution in [1.82, 2.24) is 4.90 Å². The molecule has 4 nitrogen and oxygen atoms in total. The minimum atomic E-state index is -0.730. The number of amides is 1. The Morgan fingerprint density at radius 3 is 2.44 bits per heavy atom. The van der Waals surface area contributed by atoms with Crippen LogP contribution in [0.1, 0.15) is 15.9 Å². The lowest BCUT2D eigenvalue weighted by Gasteiger charge is -2.37. The van der Waals surface area contributed by atoms with Crippen LogP contribution < -0.4 is 10.6 Å². The number of hydrogen-bond acceptors (Lipinski definition) is 3. The Labute approximate surface area is 155 Å². The van der Waals surface area contributed by atoms with Gasteiger partial charge in [0.15, 0.2) is 0 Å². The second-order valence-electron chi connectivity index (χ2n) is 6.21. The number of carbonyl (C=O) groups is 1. The molecule has 1 aliphatic rings. The summed E-state index contributed by atoms with van der Waals surface area (Å²) in [6, 6.07) is 13.5. The number of anilines is 1. The maximum atomic E-state index is 14.1. The number of hydrogen-bond donors (Lipinski definition) is 1. The Balaban J connectivity index is 1.64. The predicted octanol–water partition coefficient (Wildman–Crippen LogP) is 3.05. The highest BCUT2D eigenvalue weighted by Gasteiger charge is 2.23. The molecular formula is C19H21BrFN3O. The van der Waals surface area contributed by atoms with E-state index in [4.69, 9.17) is 5.73 Å². The van der Waals surface area contributed by atoms with Crippen LogP contribution in [0.4, 0.5) is 10.1 Å². The van der Waals surface area contributed by atoms with Crippen molar-refractivity contribution in [3.63, 3.8) is 0 Å². The van der Waals surface area contributed by atoms with Crippen LogP contribution in [0, 0.1) is 5.82 Å². The minimum Gasteiger partial charge on any atom is -0.368 e. The summed E-state index contributed by atoms with van der Waals surface area (Å²) in [5.41, 5.74) is 7.25. The first kappa shape index (κ1) is 17.9. The molecule has 0 radical (unpaired) electrons. The van der Waals surface area contributed by atoms with Gasteiger partial charge in [-0.15, -0.1) is 0 Å². The van der Waals surface area contributed by atoms with E-state index in [1.165, 1.54) is 11.6 Å². The molecule has 1 aliphatic heterocycles. The average Bonchev–Trinajstić information content (AvgIpc) is 2.60. The van der Waals surface area contributed by atoms with Crippen molar-refractivity contribution in [3.05, 3.63) is 63.9 Å². The third-order valence-electron chi connectivity index (χ3n) is 4.55. The standard InChI is InChI=1S/C19H21BrFN3O/c20-15-12-16(21)18(19(22)25)17(13-15)24-10-8-23(9-11-24)7-6-14-4-2-1-3-5-14/h1-5,12-13H,6-11H2,(H2,22,25). The Morgan fingerprint density at radius 2 is 1.80 bits per heavy atom. The predicted molar refractivity (Wildman–Crippen MR) is 101 cm³/mol. The molecule has 1 saturated heterocycles. The van der Waals surface area contributed by atoms with E-state index in [1.54, 1.807) is 6.07 Å². The lowest BCUT2D eigenvalue weighted by Crippen LogP contribution is -2.47. The number of nitrogens with two attached hydrogens (primary N) is 1. The molecule has 1 amide bonds. The quantitative estimate of drug-likeness (QED) is 0.831. The molecule has 132 valence electrons. The van der Waals surface area contributed by atoms with Gasteiger partial charge in [-0.1, -0.05) is 46.3 Å². The Bertz CT molecular complexity index is 746. The fourth-order valence-corrected chi connectivity index (χ4v) is 3.62. The van der Waals surface area contributed by atoms with Crippen molar-refractivity contribution in [1.29, 1.82) is 0 Å². The molecule has 3 rings (SSSR count). The molecule has 0 unspecified atom stereocenters. The highest BCUT2D eigenvalue weighted by molar-refractivity contribution is 9.10. The molecule has 2 aromatic rings. The first-order chi connectivity index (χ1) is 12.0. The smallest absolute Gasteiger partial charge is 0.253 e. The average molecular weight is 406 g/mol. The monoisotopic (exact) mass is 405 g/mol. The van der Waals surface area contributed by atoms with Gasteiger partial charge in [-0.3, -0.25) is 9.69 Å². The summed E-state index contributed by atoms with van der Waals surface area (Å²) in [7, 11) is 0. The maximum Gasteiger partial charge on any atom is 0.253 e. The molecule has 6 heteroatoms. The van der Waals surface area contributed by atoms with Gasteiger partial charge in [0.2, 0.25) is 0 Å². The number of primary amides is 1. The van der Waals surface area contributed by atoms with Gasteiger partial charge in [0.25, 0.3) is 5.91 Å². The zero-order valence-electron chi connectivity index (χ0n) is 13.9. The van der Waals surface area contributed by atoms with E-state index in [0.29, 0.717) is 10.2 Å². The van der Waals surface area contributed by atoms with Crippen LogP contribution in [0.25, 0.3) is 0 Å². The minimum absolute atomic E-state index is 0.0269. The summed E-state index contributed by atoms with van der Waals surface area (Å²) in [4.78, 5) is 16.1. The molecule has 0 bridgehead atoms.